The van der Waals surface area contributed by atoms with Crippen LogP contribution in [0.4, 0.5) is 0 Å². The highest BCUT2D eigenvalue weighted by molar-refractivity contribution is 7.99. The zero-order valence-corrected chi connectivity index (χ0v) is 18.1. The fraction of sp³-hybridized carbons (Fsp3) is 0.591. The maximum Gasteiger partial charge on any atom is 0.230 e. The molecule has 6 heteroatoms. The number of amides is 1. The Kier molecular flexibility index (Phi) is 5.02. The SMILES string of the molecule is CCn1c(SCC(=O)NC2CC3CCC2(C)C3(C)C)nnc1-c1ccccc1. The molecule has 1 heterocycles. The summed E-state index contributed by atoms with van der Waals surface area (Å²) in [6, 6.07) is 10.4. The van der Waals surface area contributed by atoms with E-state index in [4.69, 9.17) is 0 Å². The van der Waals surface area contributed by atoms with Crippen molar-refractivity contribution in [2.45, 2.75) is 64.7 Å². The smallest absolute Gasteiger partial charge is 0.230 e. The van der Waals surface area contributed by atoms with E-state index in [1.54, 1.807) is 0 Å². The molecule has 2 aliphatic rings. The van der Waals surface area contributed by atoms with Gasteiger partial charge in [-0.1, -0.05) is 62.9 Å². The number of benzene rings is 1. The molecule has 0 saturated heterocycles. The minimum atomic E-state index is 0.103. The molecule has 4 rings (SSSR count). The van der Waals surface area contributed by atoms with E-state index in [1.165, 1.54) is 24.6 Å². The van der Waals surface area contributed by atoms with Gasteiger partial charge in [0.25, 0.3) is 0 Å². The number of carbonyl (C=O) groups is 1. The number of nitrogens with zero attached hydrogens (tertiary/aromatic N) is 3. The molecule has 1 amide bonds. The van der Waals surface area contributed by atoms with Gasteiger partial charge in [0.05, 0.1) is 5.75 Å². The first-order valence-corrected chi connectivity index (χ1v) is 11.3. The highest BCUT2D eigenvalue weighted by Gasteiger charge is 2.61. The molecule has 2 bridgehead atoms. The van der Waals surface area contributed by atoms with Gasteiger partial charge in [0.2, 0.25) is 5.91 Å². The Bertz CT molecular complexity index is 863. The third-order valence-electron chi connectivity index (χ3n) is 7.53. The summed E-state index contributed by atoms with van der Waals surface area (Å²) in [6.45, 7) is 9.97. The van der Waals surface area contributed by atoms with Crippen molar-refractivity contribution >= 4 is 17.7 Å². The molecule has 0 radical (unpaired) electrons. The van der Waals surface area contributed by atoms with E-state index in [-0.39, 0.29) is 11.3 Å². The number of fused-ring (bicyclic) bond motifs is 2. The molecule has 28 heavy (non-hydrogen) atoms. The fourth-order valence-electron chi connectivity index (χ4n) is 5.27. The monoisotopic (exact) mass is 398 g/mol. The topological polar surface area (TPSA) is 59.8 Å². The van der Waals surface area contributed by atoms with Crippen LogP contribution >= 0.6 is 11.8 Å². The Morgan fingerprint density at radius 1 is 1.25 bits per heavy atom. The van der Waals surface area contributed by atoms with Crippen LogP contribution in [0.1, 0.15) is 47.0 Å². The lowest BCUT2D eigenvalue weighted by molar-refractivity contribution is -0.120. The number of hydrogen-bond donors (Lipinski definition) is 1. The fourth-order valence-corrected chi connectivity index (χ4v) is 6.08. The van der Waals surface area contributed by atoms with E-state index < -0.39 is 0 Å². The number of carbonyl (C=O) groups excluding carboxylic acids is 1. The molecule has 3 unspecified atom stereocenters. The first-order valence-electron chi connectivity index (χ1n) is 10.3. The lowest BCUT2D eigenvalue weighted by Gasteiger charge is -2.39. The lowest BCUT2D eigenvalue weighted by Crippen LogP contribution is -2.47. The van der Waals surface area contributed by atoms with Crippen LogP contribution in [0.25, 0.3) is 11.4 Å². The summed E-state index contributed by atoms with van der Waals surface area (Å²) in [5.74, 6) is 2.07. The van der Waals surface area contributed by atoms with Crippen LogP contribution in [0.15, 0.2) is 35.5 Å². The van der Waals surface area contributed by atoms with Gasteiger partial charge in [-0.3, -0.25) is 4.79 Å². The summed E-state index contributed by atoms with van der Waals surface area (Å²) in [5, 5.41) is 12.8. The molecule has 5 nitrogen and oxygen atoms in total. The third-order valence-corrected chi connectivity index (χ3v) is 8.49. The van der Waals surface area contributed by atoms with Gasteiger partial charge in [-0.25, -0.2) is 0 Å². The van der Waals surface area contributed by atoms with E-state index in [0.717, 1.165) is 35.4 Å². The Morgan fingerprint density at radius 3 is 2.61 bits per heavy atom. The second-order valence-corrected chi connectivity index (χ2v) is 9.88. The summed E-state index contributed by atoms with van der Waals surface area (Å²) < 4.78 is 2.08. The largest absolute Gasteiger partial charge is 0.352 e. The number of rotatable bonds is 6. The molecule has 1 aromatic heterocycles. The van der Waals surface area contributed by atoms with Crippen molar-refractivity contribution < 1.29 is 4.79 Å². The van der Waals surface area contributed by atoms with Crippen molar-refractivity contribution in [1.82, 2.24) is 20.1 Å². The Morgan fingerprint density at radius 2 is 2.00 bits per heavy atom. The van der Waals surface area contributed by atoms with Crippen LogP contribution in [-0.2, 0) is 11.3 Å². The Balaban J connectivity index is 1.40. The number of nitrogens with one attached hydrogen (secondary N) is 1. The second-order valence-electron chi connectivity index (χ2n) is 8.94. The summed E-state index contributed by atoms with van der Waals surface area (Å²) in [7, 11) is 0. The number of thioether (sulfide) groups is 1. The minimum Gasteiger partial charge on any atom is -0.352 e. The van der Waals surface area contributed by atoms with Gasteiger partial charge < -0.3 is 9.88 Å². The van der Waals surface area contributed by atoms with Crippen LogP contribution in [-0.4, -0.2) is 32.5 Å². The average Bonchev–Trinajstić information content (AvgIpc) is 3.26. The van der Waals surface area contributed by atoms with E-state index in [2.05, 4.69) is 47.8 Å². The van der Waals surface area contributed by atoms with Crippen LogP contribution < -0.4 is 5.32 Å². The molecule has 0 aliphatic heterocycles. The summed E-state index contributed by atoms with van der Waals surface area (Å²) in [5.41, 5.74) is 1.57. The quantitative estimate of drug-likeness (QED) is 0.733. The Labute approximate surface area is 171 Å². The van der Waals surface area contributed by atoms with Gasteiger partial charge >= 0.3 is 0 Å². The van der Waals surface area contributed by atoms with Crippen LogP contribution in [0.2, 0.25) is 0 Å². The zero-order valence-electron chi connectivity index (χ0n) is 17.2. The van der Waals surface area contributed by atoms with Crippen molar-refractivity contribution in [3.8, 4) is 11.4 Å². The van der Waals surface area contributed by atoms with Gasteiger partial charge in [-0.05, 0) is 42.9 Å². The predicted octanol–water partition coefficient (Wildman–Crippen LogP) is 4.39. The summed E-state index contributed by atoms with van der Waals surface area (Å²) >= 11 is 1.47. The van der Waals surface area contributed by atoms with Crippen LogP contribution in [0.3, 0.4) is 0 Å². The molecular weight excluding hydrogens is 368 g/mol. The van der Waals surface area contributed by atoms with Gasteiger partial charge in [-0.15, -0.1) is 10.2 Å². The standard InChI is InChI=1S/C22H30N4OS/c1-5-26-19(15-9-7-6-8-10-15)24-25-20(26)28-14-18(27)23-17-13-16-11-12-22(17,4)21(16,2)3/h6-10,16-17H,5,11-14H2,1-4H3,(H,23,27). The van der Waals surface area contributed by atoms with Crippen molar-refractivity contribution in [2.24, 2.45) is 16.7 Å². The molecule has 1 N–H and O–H groups in total. The molecule has 3 atom stereocenters. The normalized spacial score (nSPS) is 27.9. The van der Waals surface area contributed by atoms with Crippen molar-refractivity contribution in [3.05, 3.63) is 30.3 Å². The average molecular weight is 399 g/mol. The lowest BCUT2D eigenvalue weighted by atomic mass is 9.69. The van der Waals surface area contributed by atoms with E-state index >= 15 is 0 Å². The minimum absolute atomic E-state index is 0.103. The molecule has 150 valence electrons. The predicted molar refractivity (Wildman–Crippen MR) is 113 cm³/mol. The Hall–Kier alpha value is -1.82. The number of aromatic nitrogens is 3. The van der Waals surface area contributed by atoms with Crippen LogP contribution in [0, 0.1) is 16.7 Å². The first kappa shape index (κ1) is 19.5. The third kappa shape index (κ3) is 3.06. The molecule has 2 aromatic rings. The highest BCUT2D eigenvalue weighted by Crippen LogP contribution is 2.65. The first-order chi connectivity index (χ1) is 13.4. The van der Waals surface area contributed by atoms with Crippen molar-refractivity contribution in [1.29, 1.82) is 0 Å². The second kappa shape index (κ2) is 7.21. The summed E-state index contributed by atoms with van der Waals surface area (Å²) in [4.78, 5) is 12.7. The molecule has 2 saturated carbocycles. The van der Waals surface area contributed by atoms with E-state index in [1.807, 2.05) is 30.3 Å². The van der Waals surface area contributed by atoms with Gasteiger partial charge in [0.15, 0.2) is 11.0 Å². The zero-order chi connectivity index (χ0) is 19.9. The van der Waals surface area contributed by atoms with Crippen LogP contribution in [0.5, 0.6) is 0 Å². The molecular formula is C22H30N4OS. The highest BCUT2D eigenvalue weighted by atomic mass is 32.2. The molecule has 2 fully saturated rings. The van der Waals surface area contributed by atoms with Crippen molar-refractivity contribution in [2.75, 3.05) is 5.75 Å². The maximum atomic E-state index is 12.7. The maximum absolute atomic E-state index is 12.7. The van der Waals surface area contributed by atoms with E-state index in [0.29, 0.717) is 17.2 Å². The molecule has 0 spiro atoms. The van der Waals surface area contributed by atoms with E-state index in [9.17, 15) is 4.79 Å². The molecule has 2 aliphatic carbocycles. The van der Waals surface area contributed by atoms with Crippen molar-refractivity contribution in [3.63, 3.8) is 0 Å². The van der Waals surface area contributed by atoms with Gasteiger partial charge in [0.1, 0.15) is 0 Å². The molecule has 1 aromatic carbocycles. The van der Waals surface area contributed by atoms with Gasteiger partial charge in [0, 0.05) is 18.2 Å². The number of hydrogen-bond acceptors (Lipinski definition) is 4. The van der Waals surface area contributed by atoms with Gasteiger partial charge in [-0.2, -0.15) is 0 Å². The summed E-state index contributed by atoms with van der Waals surface area (Å²) in [6.07, 6.45) is 3.63.